The quantitative estimate of drug-likeness (QED) is 0.887. The molecular formula is C18H25N3O3. The molecule has 6 nitrogen and oxygen atoms in total. The van der Waals surface area contributed by atoms with Crippen LogP contribution >= 0.6 is 0 Å². The number of amides is 1. The Morgan fingerprint density at radius 2 is 2.00 bits per heavy atom. The van der Waals surface area contributed by atoms with Crippen LogP contribution in [-0.2, 0) is 11.8 Å². The molecule has 3 fully saturated rings. The fourth-order valence-electron chi connectivity index (χ4n) is 4.96. The van der Waals surface area contributed by atoms with E-state index in [4.69, 9.17) is 5.11 Å². The lowest BCUT2D eigenvalue weighted by Gasteiger charge is -2.40. The molecule has 1 amide bonds. The number of carbonyl (C=O) groups is 2. The summed E-state index contributed by atoms with van der Waals surface area (Å²) < 4.78 is 1.69. The van der Waals surface area contributed by atoms with Gasteiger partial charge >= 0.3 is 5.97 Å². The lowest BCUT2D eigenvalue weighted by molar-refractivity contribution is -0.141. The molecule has 0 saturated heterocycles. The Balaban J connectivity index is 1.40. The van der Waals surface area contributed by atoms with Crippen LogP contribution in [0.2, 0.25) is 0 Å². The van der Waals surface area contributed by atoms with Crippen molar-refractivity contribution in [2.45, 2.75) is 56.9 Å². The number of carboxylic acid groups (broad SMARTS) is 1. The SMILES string of the molecule is Cn1nc(C2CCCC2)cc1C(=O)NC1CC2CC(C(=O)O)CC21. The van der Waals surface area contributed by atoms with Gasteiger partial charge in [0.1, 0.15) is 5.69 Å². The zero-order valence-electron chi connectivity index (χ0n) is 14.1. The number of aryl methyl sites for hydroxylation is 1. The number of rotatable bonds is 4. The third-order valence-electron chi connectivity index (χ3n) is 6.39. The zero-order chi connectivity index (χ0) is 16.8. The second-order valence-electron chi connectivity index (χ2n) is 7.81. The van der Waals surface area contributed by atoms with Crippen molar-refractivity contribution in [1.29, 1.82) is 0 Å². The molecule has 0 aliphatic heterocycles. The van der Waals surface area contributed by atoms with Crippen molar-refractivity contribution in [3.05, 3.63) is 17.5 Å². The molecule has 130 valence electrons. The Labute approximate surface area is 141 Å². The highest BCUT2D eigenvalue weighted by Gasteiger charge is 2.50. The van der Waals surface area contributed by atoms with Gasteiger partial charge in [-0.25, -0.2) is 0 Å². The van der Waals surface area contributed by atoms with E-state index in [-0.39, 0.29) is 17.9 Å². The van der Waals surface area contributed by atoms with Gasteiger partial charge in [-0.3, -0.25) is 14.3 Å². The van der Waals surface area contributed by atoms with Crippen LogP contribution < -0.4 is 5.32 Å². The molecule has 1 aromatic rings. The largest absolute Gasteiger partial charge is 0.481 e. The molecule has 1 aromatic heterocycles. The molecule has 0 radical (unpaired) electrons. The first-order chi connectivity index (χ1) is 11.5. The van der Waals surface area contributed by atoms with Crippen LogP contribution in [0, 0.1) is 17.8 Å². The predicted molar refractivity (Wildman–Crippen MR) is 87.6 cm³/mol. The van der Waals surface area contributed by atoms with Crippen LogP contribution in [0.3, 0.4) is 0 Å². The summed E-state index contributed by atoms with van der Waals surface area (Å²) in [5.74, 6) is 0.304. The Kier molecular flexibility index (Phi) is 3.85. The Morgan fingerprint density at radius 3 is 2.71 bits per heavy atom. The van der Waals surface area contributed by atoms with Gasteiger partial charge in [0.25, 0.3) is 5.91 Å². The number of carbonyl (C=O) groups excluding carboxylic acids is 1. The normalized spacial score (nSPS) is 32.4. The fraction of sp³-hybridized carbons (Fsp3) is 0.722. The molecule has 3 aliphatic rings. The maximum atomic E-state index is 12.6. The van der Waals surface area contributed by atoms with Crippen molar-refractivity contribution < 1.29 is 14.7 Å². The molecule has 0 aromatic carbocycles. The van der Waals surface area contributed by atoms with E-state index < -0.39 is 5.97 Å². The van der Waals surface area contributed by atoms with Crippen molar-refractivity contribution >= 4 is 11.9 Å². The highest BCUT2D eigenvalue weighted by atomic mass is 16.4. The molecular weight excluding hydrogens is 306 g/mol. The molecule has 4 rings (SSSR count). The second-order valence-corrected chi connectivity index (χ2v) is 7.81. The van der Waals surface area contributed by atoms with Gasteiger partial charge in [0.05, 0.1) is 11.6 Å². The summed E-state index contributed by atoms with van der Waals surface area (Å²) in [6, 6.07) is 2.06. The summed E-state index contributed by atoms with van der Waals surface area (Å²) in [6.45, 7) is 0. The molecule has 4 atom stereocenters. The number of fused-ring (bicyclic) bond motifs is 1. The van der Waals surface area contributed by atoms with Crippen LogP contribution in [0.5, 0.6) is 0 Å². The molecule has 3 saturated carbocycles. The molecule has 2 N–H and O–H groups in total. The van der Waals surface area contributed by atoms with E-state index in [1.54, 1.807) is 4.68 Å². The minimum Gasteiger partial charge on any atom is -0.481 e. The van der Waals surface area contributed by atoms with E-state index in [1.807, 2.05) is 13.1 Å². The fourth-order valence-corrected chi connectivity index (χ4v) is 4.96. The van der Waals surface area contributed by atoms with Crippen LogP contribution in [0.15, 0.2) is 6.07 Å². The van der Waals surface area contributed by atoms with Gasteiger partial charge in [-0.2, -0.15) is 5.10 Å². The number of carboxylic acids is 1. The van der Waals surface area contributed by atoms with Gasteiger partial charge in [-0.15, -0.1) is 0 Å². The van der Waals surface area contributed by atoms with E-state index in [0.29, 0.717) is 29.9 Å². The highest BCUT2D eigenvalue weighted by molar-refractivity contribution is 5.93. The first-order valence-corrected chi connectivity index (χ1v) is 9.10. The van der Waals surface area contributed by atoms with Crippen LogP contribution in [0.25, 0.3) is 0 Å². The van der Waals surface area contributed by atoms with Gasteiger partial charge in [-0.05, 0) is 50.0 Å². The van der Waals surface area contributed by atoms with E-state index in [1.165, 1.54) is 25.7 Å². The van der Waals surface area contributed by atoms with Crippen LogP contribution in [-0.4, -0.2) is 32.8 Å². The van der Waals surface area contributed by atoms with Crippen molar-refractivity contribution in [1.82, 2.24) is 15.1 Å². The zero-order valence-corrected chi connectivity index (χ0v) is 14.1. The van der Waals surface area contributed by atoms with Crippen LogP contribution in [0.1, 0.15) is 67.0 Å². The maximum absolute atomic E-state index is 12.6. The topological polar surface area (TPSA) is 84.2 Å². The Hall–Kier alpha value is -1.85. The summed E-state index contributed by atoms with van der Waals surface area (Å²) in [6.07, 6.45) is 7.21. The molecule has 6 heteroatoms. The molecule has 4 unspecified atom stereocenters. The smallest absolute Gasteiger partial charge is 0.306 e. The summed E-state index contributed by atoms with van der Waals surface area (Å²) in [5.41, 5.74) is 1.66. The Morgan fingerprint density at radius 1 is 1.25 bits per heavy atom. The Bertz CT molecular complexity index is 662. The molecule has 1 heterocycles. The first kappa shape index (κ1) is 15.7. The number of nitrogens with zero attached hydrogens (tertiary/aromatic N) is 2. The van der Waals surface area contributed by atoms with Crippen molar-refractivity contribution in [3.63, 3.8) is 0 Å². The molecule has 3 aliphatic carbocycles. The molecule has 0 bridgehead atoms. The van der Waals surface area contributed by atoms with Gasteiger partial charge in [0.2, 0.25) is 0 Å². The molecule has 24 heavy (non-hydrogen) atoms. The number of aromatic nitrogens is 2. The van der Waals surface area contributed by atoms with Gasteiger partial charge in [0, 0.05) is 19.0 Å². The van der Waals surface area contributed by atoms with E-state index in [2.05, 4.69) is 10.4 Å². The van der Waals surface area contributed by atoms with Gasteiger partial charge < -0.3 is 10.4 Å². The third kappa shape index (κ3) is 2.62. The standard InChI is InChI=1S/C18H25N3O3/c1-21-16(9-14(20-21)10-4-2-3-5-10)17(22)19-15-8-11-6-12(18(23)24)7-13(11)15/h9-13,15H,2-8H2,1H3,(H,19,22)(H,23,24). The third-order valence-corrected chi connectivity index (χ3v) is 6.39. The van der Waals surface area contributed by atoms with Crippen molar-refractivity contribution in [2.24, 2.45) is 24.8 Å². The van der Waals surface area contributed by atoms with Gasteiger partial charge in [0.15, 0.2) is 0 Å². The van der Waals surface area contributed by atoms with E-state index >= 15 is 0 Å². The summed E-state index contributed by atoms with van der Waals surface area (Å²) in [4.78, 5) is 23.8. The highest BCUT2D eigenvalue weighted by Crippen LogP contribution is 2.49. The van der Waals surface area contributed by atoms with E-state index in [0.717, 1.165) is 18.5 Å². The average Bonchev–Trinajstić information content (AvgIpc) is 3.22. The monoisotopic (exact) mass is 331 g/mol. The van der Waals surface area contributed by atoms with E-state index in [9.17, 15) is 9.59 Å². The number of nitrogens with one attached hydrogen (secondary N) is 1. The molecule has 0 spiro atoms. The van der Waals surface area contributed by atoms with Crippen molar-refractivity contribution in [2.75, 3.05) is 0 Å². The van der Waals surface area contributed by atoms with Crippen LogP contribution in [0.4, 0.5) is 0 Å². The first-order valence-electron chi connectivity index (χ1n) is 9.10. The maximum Gasteiger partial charge on any atom is 0.306 e. The minimum atomic E-state index is -0.692. The van der Waals surface area contributed by atoms with Crippen molar-refractivity contribution in [3.8, 4) is 0 Å². The number of aliphatic carboxylic acids is 1. The summed E-state index contributed by atoms with van der Waals surface area (Å²) in [7, 11) is 1.83. The average molecular weight is 331 g/mol. The lowest BCUT2D eigenvalue weighted by Crippen LogP contribution is -2.50. The predicted octanol–water partition coefficient (Wildman–Crippen LogP) is 2.31. The summed E-state index contributed by atoms with van der Waals surface area (Å²) in [5, 5.41) is 16.8. The lowest BCUT2D eigenvalue weighted by atomic mass is 9.71. The number of hydrogen-bond acceptors (Lipinski definition) is 3. The number of hydrogen-bond donors (Lipinski definition) is 2. The minimum absolute atomic E-state index is 0.0727. The van der Waals surface area contributed by atoms with Gasteiger partial charge in [-0.1, -0.05) is 12.8 Å². The second kappa shape index (κ2) is 5.90. The summed E-state index contributed by atoms with van der Waals surface area (Å²) >= 11 is 0.